The van der Waals surface area contributed by atoms with E-state index in [9.17, 15) is 0 Å². The van der Waals surface area contributed by atoms with Crippen molar-refractivity contribution in [2.75, 3.05) is 0 Å². The van der Waals surface area contributed by atoms with Gasteiger partial charge in [-0.15, -0.1) is 11.8 Å². The first-order chi connectivity index (χ1) is 17.2. The van der Waals surface area contributed by atoms with Gasteiger partial charge < -0.3 is 4.57 Å². The van der Waals surface area contributed by atoms with Crippen molar-refractivity contribution in [3.63, 3.8) is 0 Å². The topological polar surface area (TPSA) is 4.93 Å². The number of rotatable bonds is 2. The number of hydrogen-bond acceptors (Lipinski definition) is 1. The summed E-state index contributed by atoms with van der Waals surface area (Å²) in [7, 11) is 0. The second-order valence-electron chi connectivity index (χ2n) is 11.9. The highest BCUT2D eigenvalue weighted by atomic mass is 32.2. The first kappa shape index (κ1) is 23.7. The van der Waals surface area contributed by atoms with Crippen LogP contribution in [-0.2, 0) is 0 Å². The van der Waals surface area contributed by atoms with Crippen molar-refractivity contribution < 1.29 is 0 Å². The largest absolute Gasteiger partial charge is 0.338 e. The molecule has 0 saturated heterocycles. The number of aromatic nitrogens is 1. The van der Waals surface area contributed by atoms with E-state index in [2.05, 4.69) is 78.4 Å². The summed E-state index contributed by atoms with van der Waals surface area (Å²) in [6.07, 6.45) is 26.4. The molecule has 0 bridgehead atoms. The average Bonchev–Trinajstić information content (AvgIpc) is 3.11. The Morgan fingerprint density at radius 3 is 2.60 bits per heavy atom. The smallest absolute Gasteiger partial charge is 0.0493 e. The Bertz CT molecular complexity index is 1210. The lowest BCUT2D eigenvalue weighted by Gasteiger charge is -2.35. The molecular formula is C33H43NS. The van der Waals surface area contributed by atoms with Gasteiger partial charge in [0.2, 0.25) is 0 Å². The van der Waals surface area contributed by atoms with E-state index in [0.29, 0.717) is 17.9 Å². The summed E-state index contributed by atoms with van der Waals surface area (Å²) in [6, 6.07) is 9.91. The zero-order valence-electron chi connectivity index (χ0n) is 21.6. The molecule has 0 radical (unpaired) electrons. The van der Waals surface area contributed by atoms with E-state index in [1.54, 1.807) is 5.35 Å². The lowest BCUT2D eigenvalue weighted by molar-refractivity contribution is 0.263. The van der Waals surface area contributed by atoms with Crippen molar-refractivity contribution in [2.45, 2.75) is 95.3 Å². The summed E-state index contributed by atoms with van der Waals surface area (Å²) in [5.41, 5.74) is 1.47. The molecule has 4 aliphatic rings. The van der Waals surface area contributed by atoms with Crippen molar-refractivity contribution in [3.8, 4) is 0 Å². The first-order valence-electron chi connectivity index (χ1n) is 14.5. The second kappa shape index (κ2) is 10.4. The third-order valence-corrected chi connectivity index (χ3v) is 10.9. The van der Waals surface area contributed by atoms with Gasteiger partial charge >= 0.3 is 0 Å². The van der Waals surface area contributed by atoms with Crippen LogP contribution in [0, 0.1) is 23.7 Å². The Labute approximate surface area is 216 Å². The van der Waals surface area contributed by atoms with Crippen LogP contribution in [0.15, 0.2) is 47.9 Å². The highest BCUT2D eigenvalue weighted by Crippen LogP contribution is 2.46. The molecule has 5 atom stereocenters. The quantitative estimate of drug-likeness (QED) is 0.389. The van der Waals surface area contributed by atoms with E-state index in [1.165, 1.54) is 91.7 Å². The van der Waals surface area contributed by atoms with Crippen LogP contribution < -0.4 is 10.6 Å². The Balaban J connectivity index is 1.41. The molecule has 186 valence electrons. The van der Waals surface area contributed by atoms with Gasteiger partial charge in [-0.3, -0.25) is 0 Å². The number of allylic oxidation sites excluding steroid dienone is 3. The monoisotopic (exact) mass is 485 g/mol. The van der Waals surface area contributed by atoms with Crippen LogP contribution in [0.1, 0.15) is 90.0 Å². The first-order valence-corrected chi connectivity index (χ1v) is 15.4. The highest BCUT2D eigenvalue weighted by molar-refractivity contribution is 8.03. The van der Waals surface area contributed by atoms with Crippen LogP contribution in [-0.4, -0.2) is 9.82 Å². The van der Waals surface area contributed by atoms with Crippen LogP contribution in [0.25, 0.3) is 23.1 Å². The molecule has 1 aromatic heterocycles. The molecule has 5 unspecified atom stereocenters. The molecule has 1 nitrogen and oxygen atoms in total. The van der Waals surface area contributed by atoms with Gasteiger partial charge in [0.15, 0.2) is 0 Å². The van der Waals surface area contributed by atoms with Gasteiger partial charge in [0.25, 0.3) is 0 Å². The fourth-order valence-electron chi connectivity index (χ4n) is 7.84. The molecule has 2 fully saturated rings. The van der Waals surface area contributed by atoms with Crippen LogP contribution in [0.4, 0.5) is 0 Å². The summed E-state index contributed by atoms with van der Waals surface area (Å²) in [5, 5.41) is 5.30. The molecule has 35 heavy (non-hydrogen) atoms. The minimum absolute atomic E-state index is 0.624. The van der Waals surface area contributed by atoms with E-state index < -0.39 is 0 Å². The molecule has 6 rings (SSSR count). The summed E-state index contributed by atoms with van der Waals surface area (Å²) in [4.78, 5) is 1.42. The molecule has 2 heterocycles. The van der Waals surface area contributed by atoms with Crippen LogP contribution >= 0.6 is 11.8 Å². The van der Waals surface area contributed by atoms with Crippen molar-refractivity contribution in [2.24, 2.45) is 23.7 Å². The predicted octanol–water partition coefficient (Wildman–Crippen LogP) is 8.14. The standard InChI is InChI=1S/C33H43NS/c1-23-11-10-16-30-27(14-7-9-18-33(30)35-24(2)21-23)25-19-20-29-28-15-6-8-17-31(28)34(32(29)22-25)26-12-4-3-5-13-26/h6,8,10-11,15,17,20,22-23,25-27,30,33H,2-5,7,9,12-14,16,18-19,21H2,1H3/b11-10-. The van der Waals surface area contributed by atoms with Crippen molar-refractivity contribution in [1.82, 2.24) is 4.57 Å². The van der Waals surface area contributed by atoms with Gasteiger partial charge in [0.1, 0.15) is 0 Å². The molecule has 0 spiro atoms. The number of nitrogens with zero attached hydrogens (tertiary/aromatic N) is 1. The number of para-hydroxylation sites is 1. The summed E-state index contributed by atoms with van der Waals surface area (Å²) in [6.45, 7) is 6.85. The lowest BCUT2D eigenvalue weighted by Crippen LogP contribution is -2.38. The molecule has 1 aromatic carbocycles. The maximum absolute atomic E-state index is 4.50. The zero-order valence-corrected chi connectivity index (χ0v) is 22.4. The lowest BCUT2D eigenvalue weighted by atomic mass is 9.74. The number of thioether (sulfide) groups is 1. The second-order valence-corrected chi connectivity index (χ2v) is 13.3. The SMILES string of the molecule is C=C1CC(C)/C=C\CC2C(CCCCC2C2C=c3c(c4ccccc4n3C3CCCCC3)=CC2)S1. The fraction of sp³-hybridized carbons (Fsp3) is 0.576. The van der Waals surface area contributed by atoms with Gasteiger partial charge in [-0.05, 0) is 79.6 Å². The maximum atomic E-state index is 4.50. The number of benzene rings is 1. The van der Waals surface area contributed by atoms with E-state index in [1.807, 2.05) is 0 Å². The minimum atomic E-state index is 0.624. The Kier molecular flexibility index (Phi) is 7.02. The molecule has 0 N–H and O–H groups in total. The third-order valence-electron chi connectivity index (χ3n) is 9.49. The molecule has 2 aromatic rings. The van der Waals surface area contributed by atoms with E-state index >= 15 is 0 Å². The van der Waals surface area contributed by atoms with E-state index in [4.69, 9.17) is 0 Å². The van der Waals surface area contributed by atoms with Crippen LogP contribution in [0.3, 0.4) is 0 Å². The van der Waals surface area contributed by atoms with Gasteiger partial charge in [0, 0.05) is 32.8 Å². The molecule has 3 aliphatic carbocycles. The predicted molar refractivity (Wildman–Crippen MR) is 154 cm³/mol. The third kappa shape index (κ3) is 4.73. The Morgan fingerprint density at radius 1 is 0.914 bits per heavy atom. The molecule has 2 heteroatoms. The van der Waals surface area contributed by atoms with Crippen molar-refractivity contribution in [1.29, 1.82) is 0 Å². The molecule has 1 aliphatic heterocycles. The Morgan fingerprint density at radius 2 is 1.71 bits per heavy atom. The minimum Gasteiger partial charge on any atom is -0.338 e. The zero-order chi connectivity index (χ0) is 23.8. The van der Waals surface area contributed by atoms with E-state index in [-0.39, 0.29) is 0 Å². The molecular weight excluding hydrogens is 442 g/mol. The fourth-order valence-corrected chi connectivity index (χ4v) is 9.40. The molecule has 0 amide bonds. The van der Waals surface area contributed by atoms with Crippen LogP contribution in [0.5, 0.6) is 0 Å². The highest BCUT2D eigenvalue weighted by Gasteiger charge is 2.36. The number of hydrogen-bond donors (Lipinski definition) is 0. The normalized spacial score (nSPS) is 33.3. The summed E-state index contributed by atoms with van der Waals surface area (Å²) < 4.78 is 2.78. The number of fused-ring (bicyclic) bond motifs is 4. The maximum Gasteiger partial charge on any atom is 0.0493 e. The van der Waals surface area contributed by atoms with Gasteiger partial charge in [-0.25, -0.2) is 0 Å². The summed E-state index contributed by atoms with van der Waals surface area (Å²) in [5.74, 6) is 2.84. The molecule has 2 saturated carbocycles. The van der Waals surface area contributed by atoms with Crippen molar-refractivity contribution >= 4 is 34.8 Å². The summed E-state index contributed by atoms with van der Waals surface area (Å²) >= 11 is 2.15. The van der Waals surface area contributed by atoms with Gasteiger partial charge in [0.05, 0.1) is 0 Å². The van der Waals surface area contributed by atoms with Crippen molar-refractivity contribution in [3.05, 3.63) is 58.5 Å². The Hall–Kier alpha value is -1.67. The average molecular weight is 486 g/mol. The van der Waals surface area contributed by atoms with E-state index in [0.717, 1.165) is 23.5 Å². The van der Waals surface area contributed by atoms with Gasteiger partial charge in [-0.1, -0.05) is 88.1 Å². The van der Waals surface area contributed by atoms with Crippen LogP contribution in [0.2, 0.25) is 0 Å². The van der Waals surface area contributed by atoms with Gasteiger partial charge in [-0.2, -0.15) is 0 Å².